The Morgan fingerprint density at radius 1 is 1.13 bits per heavy atom. The second-order valence-electron chi connectivity index (χ2n) is 3.87. The number of alkyl halides is 3. The highest BCUT2D eigenvalue weighted by Gasteiger charge is 2.33. The fraction of sp³-hybridized carbons (Fsp3) is 0.333. The molecule has 2 rings (SSSR count). The Hall–Kier alpha value is -1.25. The molecule has 1 aliphatic rings. The van der Waals surface area contributed by atoms with Crippen LogP contribution in [0.2, 0.25) is 0 Å². The molecule has 0 nitrogen and oxygen atoms in total. The van der Waals surface area contributed by atoms with E-state index < -0.39 is 11.7 Å². The summed E-state index contributed by atoms with van der Waals surface area (Å²) in [5, 5.41) is 0. The third kappa shape index (κ3) is 2.22. The summed E-state index contributed by atoms with van der Waals surface area (Å²) in [5.41, 5.74) is 0.519. The Balaban J connectivity index is 2.19. The number of hydrogen-bond donors (Lipinski definition) is 0. The van der Waals surface area contributed by atoms with Crippen molar-refractivity contribution >= 4 is 5.57 Å². The SMILES string of the molecule is C=C(c1ccc(C2CC2)cc1)C(F)(F)F. The lowest BCUT2D eigenvalue weighted by molar-refractivity contribution is -0.0686. The van der Waals surface area contributed by atoms with Gasteiger partial charge in [0, 0.05) is 0 Å². The average molecular weight is 212 g/mol. The predicted octanol–water partition coefficient (Wildman–Crippen LogP) is 4.14. The molecule has 0 spiro atoms. The maximum absolute atomic E-state index is 12.3. The summed E-state index contributed by atoms with van der Waals surface area (Å²) in [6, 6.07) is 6.54. The van der Waals surface area contributed by atoms with Crippen LogP contribution >= 0.6 is 0 Å². The van der Waals surface area contributed by atoms with Crippen LogP contribution in [0.1, 0.15) is 29.9 Å². The van der Waals surface area contributed by atoms with Gasteiger partial charge >= 0.3 is 6.18 Å². The standard InChI is InChI=1S/C12H11F3/c1-8(12(13,14)15)9-2-4-10(5-3-9)11-6-7-11/h2-5,11H,1,6-7H2. The van der Waals surface area contributed by atoms with Gasteiger partial charge in [-0.15, -0.1) is 0 Å². The molecule has 0 aromatic heterocycles. The molecule has 15 heavy (non-hydrogen) atoms. The van der Waals surface area contributed by atoms with Gasteiger partial charge in [0.1, 0.15) is 0 Å². The summed E-state index contributed by atoms with van der Waals surface area (Å²) in [7, 11) is 0. The van der Waals surface area contributed by atoms with Crippen molar-refractivity contribution in [1.82, 2.24) is 0 Å². The molecule has 0 unspecified atom stereocenters. The highest BCUT2D eigenvalue weighted by molar-refractivity contribution is 5.67. The zero-order valence-electron chi connectivity index (χ0n) is 8.14. The molecule has 0 N–H and O–H groups in total. The summed E-state index contributed by atoms with van der Waals surface area (Å²) in [6.07, 6.45) is -2.03. The average Bonchev–Trinajstić information content (AvgIpc) is 2.99. The van der Waals surface area contributed by atoms with E-state index in [1.54, 1.807) is 12.1 Å². The Kier molecular flexibility index (Phi) is 2.33. The first-order valence-electron chi connectivity index (χ1n) is 4.85. The van der Waals surface area contributed by atoms with Crippen LogP contribution in [0, 0.1) is 0 Å². The van der Waals surface area contributed by atoms with Crippen LogP contribution in [0.3, 0.4) is 0 Å². The van der Waals surface area contributed by atoms with Crippen LogP contribution in [0.15, 0.2) is 30.8 Å². The molecule has 80 valence electrons. The Morgan fingerprint density at radius 3 is 2.07 bits per heavy atom. The van der Waals surface area contributed by atoms with Gasteiger partial charge < -0.3 is 0 Å². The van der Waals surface area contributed by atoms with Gasteiger partial charge in [-0.3, -0.25) is 0 Å². The number of halogens is 3. The quantitative estimate of drug-likeness (QED) is 0.691. The number of rotatable bonds is 2. The highest BCUT2D eigenvalue weighted by atomic mass is 19.4. The molecule has 0 bridgehead atoms. The molecular formula is C12H11F3. The molecule has 1 fully saturated rings. The first kappa shape index (κ1) is 10.3. The molecule has 0 heterocycles. The van der Waals surface area contributed by atoms with Crippen LogP contribution in [-0.2, 0) is 0 Å². The monoisotopic (exact) mass is 212 g/mol. The van der Waals surface area contributed by atoms with Crippen LogP contribution in [0.5, 0.6) is 0 Å². The number of allylic oxidation sites excluding steroid dienone is 1. The van der Waals surface area contributed by atoms with Gasteiger partial charge in [-0.2, -0.15) is 13.2 Å². The minimum atomic E-state index is -4.33. The second kappa shape index (κ2) is 3.40. The van der Waals surface area contributed by atoms with Gasteiger partial charge in [-0.05, 0) is 29.9 Å². The summed E-state index contributed by atoms with van der Waals surface area (Å²) in [5.74, 6) is 0.568. The molecule has 0 aliphatic heterocycles. The van der Waals surface area contributed by atoms with E-state index in [4.69, 9.17) is 0 Å². The van der Waals surface area contributed by atoms with E-state index in [1.807, 2.05) is 0 Å². The number of benzene rings is 1. The molecule has 1 aliphatic carbocycles. The van der Waals surface area contributed by atoms with Crippen molar-refractivity contribution in [3.05, 3.63) is 42.0 Å². The summed E-state index contributed by atoms with van der Waals surface area (Å²) in [6.45, 7) is 3.06. The lowest BCUT2D eigenvalue weighted by atomic mass is 10.0. The molecule has 0 amide bonds. The maximum Gasteiger partial charge on any atom is 0.416 e. The van der Waals surface area contributed by atoms with Crippen molar-refractivity contribution in [2.75, 3.05) is 0 Å². The lowest BCUT2D eigenvalue weighted by Crippen LogP contribution is -2.09. The van der Waals surface area contributed by atoms with Gasteiger partial charge in [0.05, 0.1) is 5.57 Å². The van der Waals surface area contributed by atoms with E-state index in [-0.39, 0.29) is 5.56 Å². The van der Waals surface area contributed by atoms with Gasteiger partial charge in [-0.1, -0.05) is 30.8 Å². The summed E-state index contributed by atoms with van der Waals surface area (Å²) >= 11 is 0. The maximum atomic E-state index is 12.3. The van der Waals surface area contributed by atoms with Crippen molar-refractivity contribution in [1.29, 1.82) is 0 Å². The molecule has 1 saturated carbocycles. The van der Waals surface area contributed by atoms with E-state index >= 15 is 0 Å². The first-order chi connectivity index (χ1) is 6.98. The van der Waals surface area contributed by atoms with Gasteiger partial charge in [-0.25, -0.2) is 0 Å². The Labute approximate surface area is 86.4 Å². The first-order valence-corrected chi connectivity index (χ1v) is 4.85. The summed E-state index contributed by atoms with van der Waals surface area (Å²) in [4.78, 5) is 0. The third-order valence-electron chi connectivity index (χ3n) is 2.65. The highest BCUT2D eigenvalue weighted by Crippen LogP contribution is 2.40. The fourth-order valence-electron chi connectivity index (χ4n) is 1.54. The normalized spacial score (nSPS) is 16.5. The van der Waals surface area contributed by atoms with Crippen LogP contribution < -0.4 is 0 Å². The van der Waals surface area contributed by atoms with Crippen molar-refractivity contribution < 1.29 is 13.2 Å². The van der Waals surface area contributed by atoms with Crippen LogP contribution in [-0.4, -0.2) is 6.18 Å². The zero-order valence-corrected chi connectivity index (χ0v) is 8.14. The molecule has 3 heteroatoms. The zero-order chi connectivity index (χ0) is 11.1. The molecule has 0 radical (unpaired) electrons. The van der Waals surface area contributed by atoms with E-state index in [9.17, 15) is 13.2 Å². The van der Waals surface area contributed by atoms with Crippen LogP contribution in [0.4, 0.5) is 13.2 Å². The third-order valence-corrected chi connectivity index (χ3v) is 2.65. The van der Waals surface area contributed by atoms with Crippen molar-refractivity contribution in [2.45, 2.75) is 24.9 Å². The fourth-order valence-corrected chi connectivity index (χ4v) is 1.54. The minimum absolute atomic E-state index is 0.159. The molecule has 0 saturated heterocycles. The van der Waals surface area contributed by atoms with Gasteiger partial charge in [0.25, 0.3) is 0 Å². The van der Waals surface area contributed by atoms with E-state index in [0.717, 1.165) is 18.4 Å². The molecule has 1 aromatic carbocycles. The summed E-state index contributed by atoms with van der Waals surface area (Å²) < 4.78 is 36.9. The molecule has 0 atom stereocenters. The van der Waals surface area contributed by atoms with Gasteiger partial charge in [0.15, 0.2) is 0 Å². The Morgan fingerprint density at radius 2 is 1.67 bits per heavy atom. The van der Waals surface area contributed by atoms with Crippen molar-refractivity contribution in [2.24, 2.45) is 0 Å². The smallest absolute Gasteiger partial charge is 0.166 e. The second-order valence-corrected chi connectivity index (χ2v) is 3.87. The molecular weight excluding hydrogens is 201 g/mol. The molecule has 1 aromatic rings. The van der Waals surface area contributed by atoms with Crippen molar-refractivity contribution in [3.8, 4) is 0 Å². The van der Waals surface area contributed by atoms with Crippen molar-refractivity contribution in [3.63, 3.8) is 0 Å². The largest absolute Gasteiger partial charge is 0.416 e. The predicted molar refractivity (Wildman–Crippen MR) is 53.5 cm³/mol. The minimum Gasteiger partial charge on any atom is -0.166 e. The van der Waals surface area contributed by atoms with E-state index in [2.05, 4.69) is 6.58 Å². The topological polar surface area (TPSA) is 0 Å². The lowest BCUT2D eigenvalue weighted by Gasteiger charge is -2.10. The van der Waals surface area contributed by atoms with Gasteiger partial charge in [0.2, 0.25) is 0 Å². The Bertz CT molecular complexity index is 369. The van der Waals surface area contributed by atoms with Crippen LogP contribution in [0.25, 0.3) is 5.57 Å². The van der Waals surface area contributed by atoms with E-state index in [0.29, 0.717) is 5.92 Å². The number of hydrogen-bond acceptors (Lipinski definition) is 0. The van der Waals surface area contributed by atoms with E-state index in [1.165, 1.54) is 12.1 Å².